The van der Waals surface area contributed by atoms with Gasteiger partial charge in [0.1, 0.15) is 6.04 Å². The molecule has 2 unspecified atom stereocenters. The van der Waals surface area contributed by atoms with Gasteiger partial charge in [0, 0.05) is 18.9 Å². The molecule has 0 aromatic heterocycles. The molecule has 0 aliphatic rings. The largest absolute Gasteiger partial charge is 0.481 e. The van der Waals surface area contributed by atoms with Crippen LogP contribution in [0.5, 0.6) is 0 Å². The van der Waals surface area contributed by atoms with Crippen LogP contribution in [0.4, 0.5) is 0 Å². The van der Waals surface area contributed by atoms with E-state index in [4.69, 9.17) is 15.9 Å². The SMILES string of the molecule is CC(C)(C)CC(N)CC(=O)NC(CCC(=O)O)C(=O)O. The Morgan fingerprint density at radius 2 is 1.75 bits per heavy atom. The molecule has 0 saturated heterocycles. The lowest BCUT2D eigenvalue weighted by Gasteiger charge is -2.23. The second-order valence-electron chi connectivity index (χ2n) is 6.12. The number of hydrogen-bond acceptors (Lipinski definition) is 4. The summed E-state index contributed by atoms with van der Waals surface area (Å²) < 4.78 is 0. The van der Waals surface area contributed by atoms with Crippen molar-refractivity contribution in [3.05, 3.63) is 0 Å². The summed E-state index contributed by atoms with van der Waals surface area (Å²) in [5.74, 6) is -2.82. The van der Waals surface area contributed by atoms with Crippen molar-refractivity contribution in [2.75, 3.05) is 0 Å². The lowest BCUT2D eigenvalue weighted by molar-refractivity contribution is -0.143. The molecule has 5 N–H and O–H groups in total. The van der Waals surface area contributed by atoms with Crippen LogP contribution in [0.25, 0.3) is 0 Å². The lowest BCUT2D eigenvalue weighted by atomic mass is 9.87. The Kier molecular flexibility index (Phi) is 7.20. The highest BCUT2D eigenvalue weighted by molar-refractivity contribution is 5.84. The van der Waals surface area contributed by atoms with Gasteiger partial charge in [0.25, 0.3) is 0 Å². The first-order valence-corrected chi connectivity index (χ1v) is 6.51. The quantitative estimate of drug-likeness (QED) is 0.516. The highest BCUT2D eigenvalue weighted by atomic mass is 16.4. The molecule has 0 aliphatic carbocycles. The van der Waals surface area contributed by atoms with Crippen LogP contribution in [0.2, 0.25) is 0 Å². The second kappa shape index (κ2) is 7.84. The summed E-state index contributed by atoms with van der Waals surface area (Å²) in [7, 11) is 0. The summed E-state index contributed by atoms with van der Waals surface area (Å²) in [6.45, 7) is 5.99. The van der Waals surface area contributed by atoms with Crippen LogP contribution in [0, 0.1) is 5.41 Å². The summed E-state index contributed by atoms with van der Waals surface area (Å²) in [6, 6.07) is -1.55. The zero-order chi connectivity index (χ0) is 15.9. The van der Waals surface area contributed by atoms with Crippen molar-refractivity contribution in [3.8, 4) is 0 Å². The number of amides is 1. The molecular formula is C13H24N2O5. The Hall–Kier alpha value is -1.63. The van der Waals surface area contributed by atoms with E-state index >= 15 is 0 Å². The van der Waals surface area contributed by atoms with E-state index in [0.29, 0.717) is 6.42 Å². The van der Waals surface area contributed by atoms with Gasteiger partial charge in [-0.25, -0.2) is 4.79 Å². The molecule has 0 aliphatic heterocycles. The number of carbonyl (C=O) groups is 3. The van der Waals surface area contributed by atoms with Crippen molar-refractivity contribution in [1.82, 2.24) is 5.32 Å². The zero-order valence-electron chi connectivity index (χ0n) is 12.2. The van der Waals surface area contributed by atoms with Crippen molar-refractivity contribution in [1.29, 1.82) is 0 Å². The minimum atomic E-state index is -1.25. The van der Waals surface area contributed by atoms with Crippen LogP contribution < -0.4 is 11.1 Å². The topological polar surface area (TPSA) is 130 Å². The van der Waals surface area contributed by atoms with E-state index in [1.54, 1.807) is 0 Å². The summed E-state index contributed by atoms with van der Waals surface area (Å²) in [5, 5.41) is 19.7. The monoisotopic (exact) mass is 288 g/mol. The molecule has 0 saturated carbocycles. The number of hydrogen-bond donors (Lipinski definition) is 4. The van der Waals surface area contributed by atoms with E-state index in [-0.39, 0.29) is 30.7 Å². The number of rotatable bonds is 8. The Morgan fingerprint density at radius 3 is 2.15 bits per heavy atom. The molecule has 0 rings (SSSR count). The predicted octanol–water partition coefficient (Wildman–Crippen LogP) is 0.574. The zero-order valence-corrected chi connectivity index (χ0v) is 12.2. The number of carboxylic acids is 2. The Labute approximate surface area is 118 Å². The van der Waals surface area contributed by atoms with Gasteiger partial charge >= 0.3 is 11.9 Å². The summed E-state index contributed by atoms with van der Waals surface area (Å²) in [5.41, 5.74) is 5.81. The van der Waals surface area contributed by atoms with Gasteiger partial charge in [0.2, 0.25) is 5.91 Å². The molecule has 20 heavy (non-hydrogen) atoms. The minimum absolute atomic E-state index is 0.0186. The first kappa shape index (κ1) is 18.4. The molecule has 0 heterocycles. The van der Waals surface area contributed by atoms with Crippen LogP contribution in [-0.2, 0) is 14.4 Å². The molecule has 2 atom stereocenters. The molecule has 0 aromatic rings. The summed E-state index contributed by atoms with van der Waals surface area (Å²) in [6.07, 6.45) is 0.192. The van der Waals surface area contributed by atoms with E-state index in [1.165, 1.54) is 0 Å². The van der Waals surface area contributed by atoms with E-state index in [1.807, 2.05) is 20.8 Å². The fourth-order valence-corrected chi connectivity index (χ4v) is 1.88. The van der Waals surface area contributed by atoms with Gasteiger partial charge < -0.3 is 21.3 Å². The van der Waals surface area contributed by atoms with Crippen molar-refractivity contribution < 1.29 is 24.6 Å². The number of nitrogens with two attached hydrogens (primary N) is 1. The standard InChI is InChI=1S/C13H24N2O5/c1-13(2,3)7-8(14)6-10(16)15-9(12(19)20)4-5-11(17)18/h8-9H,4-7,14H2,1-3H3,(H,15,16)(H,17,18)(H,19,20). The maximum absolute atomic E-state index is 11.7. The Morgan fingerprint density at radius 1 is 1.20 bits per heavy atom. The summed E-state index contributed by atoms with van der Waals surface area (Å²) in [4.78, 5) is 33.0. The van der Waals surface area contributed by atoms with Crippen molar-refractivity contribution >= 4 is 17.8 Å². The second-order valence-corrected chi connectivity index (χ2v) is 6.12. The predicted molar refractivity (Wildman–Crippen MR) is 73.1 cm³/mol. The van der Waals surface area contributed by atoms with Gasteiger partial charge in [0.05, 0.1) is 0 Å². The number of nitrogens with one attached hydrogen (secondary N) is 1. The number of aliphatic carboxylic acids is 2. The first-order chi connectivity index (χ1) is 9.01. The molecule has 7 heteroatoms. The normalized spacial score (nSPS) is 14.4. The fraction of sp³-hybridized carbons (Fsp3) is 0.769. The van der Waals surface area contributed by atoms with Crippen molar-refractivity contribution in [2.24, 2.45) is 11.1 Å². The highest BCUT2D eigenvalue weighted by Gasteiger charge is 2.23. The molecule has 0 bridgehead atoms. The van der Waals surface area contributed by atoms with E-state index in [9.17, 15) is 14.4 Å². The molecule has 7 nitrogen and oxygen atoms in total. The highest BCUT2D eigenvalue weighted by Crippen LogP contribution is 2.20. The molecule has 1 amide bonds. The maximum atomic E-state index is 11.7. The third kappa shape index (κ3) is 9.32. The van der Waals surface area contributed by atoms with Gasteiger partial charge in [-0.05, 0) is 18.3 Å². The minimum Gasteiger partial charge on any atom is -0.481 e. The lowest BCUT2D eigenvalue weighted by Crippen LogP contribution is -2.43. The molecule has 0 aromatic carbocycles. The van der Waals surface area contributed by atoms with E-state index in [0.717, 1.165) is 0 Å². The van der Waals surface area contributed by atoms with Crippen LogP contribution in [0.15, 0.2) is 0 Å². The third-order valence-electron chi connectivity index (χ3n) is 2.60. The third-order valence-corrected chi connectivity index (χ3v) is 2.60. The van der Waals surface area contributed by atoms with E-state index < -0.39 is 23.9 Å². The van der Waals surface area contributed by atoms with Gasteiger partial charge in [0.15, 0.2) is 0 Å². The molecule has 0 fully saturated rings. The van der Waals surface area contributed by atoms with Crippen molar-refractivity contribution in [2.45, 2.75) is 58.5 Å². The van der Waals surface area contributed by atoms with Gasteiger partial charge in [-0.15, -0.1) is 0 Å². The number of carbonyl (C=O) groups excluding carboxylic acids is 1. The maximum Gasteiger partial charge on any atom is 0.326 e. The van der Waals surface area contributed by atoms with Crippen LogP contribution in [0.1, 0.15) is 46.5 Å². The van der Waals surface area contributed by atoms with Gasteiger partial charge in [-0.1, -0.05) is 20.8 Å². The smallest absolute Gasteiger partial charge is 0.326 e. The van der Waals surface area contributed by atoms with Gasteiger partial charge in [-0.3, -0.25) is 9.59 Å². The molecule has 0 radical (unpaired) electrons. The average molecular weight is 288 g/mol. The average Bonchev–Trinajstić information content (AvgIpc) is 2.20. The van der Waals surface area contributed by atoms with Crippen LogP contribution >= 0.6 is 0 Å². The Bertz CT molecular complexity index is 362. The van der Waals surface area contributed by atoms with Crippen molar-refractivity contribution in [3.63, 3.8) is 0 Å². The van der Waals surface area contributed by atoms with Crippen LogP contribution in [-0.4, -0.2) is 40.1 Å². The molecule has 116 valence electrons. The van der Waals surface area contributed by atoms with Crippen LogP contribution in [0.3, 0.4) is 0 Å². The summed E-state index contributed by atoms with van der Waals surface area (Å²) >= 11 is 0. The first-order valence-electron chi connectivity index (χ1n) is 6.51. The van der Waals surface area contributed by atoms with E-state index in [2.05, 4.69) is 5.32 Å². The van der Waals surface area contributed by atoms with Gasteiger partial charge in [-0.2, -0.15) is 0 Å². The Balaban J connectivity index is 4.32. The number of carboxylic acid groups (broad SMARTS) is 2. The molecule has 0 spiro atoms. The fourth-order valence-electron chi connectivity index (χ4n) is 1.88. The molecular weight excluding hydrogens is 264 g/mol.